The Labute approximate surface area is 57.4 Å². The first-order valence-electron chi connectivity index (χ1n) is 4.01. The molecular weight excluding hydrogens is 112 g/mol. The minimum Gasteiger partial charge on any atom is -0.381 e. The summed E-state index contributed by atoms with van der Waals surface area (Å²) in [6.07, 6.45) is 5.32. The van der Waals surface area contributed by atoms with Crippen LogP contribution in [0.15, 0.2) is 0 Å². The Kier molecular flexibility index (Phi) is 3.05. The molecule has 0 bridgehead atoms. The quantitative estimate of drug-likeness (QED) is 0.526. The van der Waals surface area contributed by atoms with Crippen LogP contribution in [0.3, 0.4) is 0 Å². The van der Waals surface area contributed by atoms with E-state index in [2.05, 4.69) is 6.92 Å². The van der Waals surface area contributed by atoms with Crippen LogP contribution in [0.4, 0.5) is 0 Å². The molecule has 1 aliphatic heterocycles. The highest BCUT2D eigenvalue weighted by molar-refractivity contribution is 4.59. The van der Waals surface area contributed by atoms with Gasteiger partial charge in [0.05, 0.1) is 0 Å². The molecule has 0 N–H and O–H groups in total. The highest BCUT2D eigenvalue weighted by Gasteiger charge is 2.08. The van der Waals surface area contributed by atoms with Gasteiger partial charge in [-0.15, -0.1) is 0 Å². The Morgan fingerprint density at radius 3 is 3.11 bits per heavy atom. The van der Waals surface area contributed by atoms with E-state index in [1.54, 1.807) is 0 Å². The molecule has 9 heavy (non-hydrogen) atoms. The van der Waals surface area contributed by atoms with Crippen molar-refractivity contribution in [3.63, 3.8) is 0 Å². The number of rotatable bonds is 1. The van der Waals surface area contributed by atoms with Gasteiger partial charge in [0.25, 0.3) is 0 Å². The molecular formula is C8H16O. The maximum absolute atomic E-state index is 5.40. The van der Waals surface area contributed by atoms with Crippen LogP contribution >= 0.6 is 0 Å². The highest BCUT2D eigenvalue weighted by Crippen LogP contribution is 2.16. The molecule has 1 heteroatoms. The second kappa shape index (κ2) is 3.89. The molecule has 0 aromatic rings. The van der Waals surface area contributed by atoms with E-state index in [9.17, 15) is 0 Å². The topological polar surface area (TPSA) is 9.23 Å². The molecule has 1 aliphatic rings. The van der Waals surface area contributed by atoms with Crippen LogP contribution in [0, 0.1) is 5.92 Å². The lowest BCUT2D eigenvalue weighted by Gasteiger charge is -2.08. The molecule has 0 radical (unpaired) electrons. The number of hydrogen-bond donors (Lipinski definition) is 0. The molecule has 1 saturated heterocycles. The average Bonchev–Trinajstić information content (AvgIpc) is 2.13. The summed E-state index contributed by atoms with van der Waals surface area (Å²) < 4.78 is 5.40. The monoisotopic (exact) mass is 128 g/mol. The van der Waals surface area contributed by atoms with E-state index in [4.69, 9.17) is 4.74 Å². The Hall–Kier alpha value is -0.0400. The zero-order chi connectivity index (χ0) is 6.53. The van der Waals surface area contributed by atoms with Crippen molar-refractivity contribution in [1.29, 1.82) is 0 Å². The fraction of sp³-hybridized carbons (Fsp3) is 1.00. The summed E-state index contributed by atoms with van der Waals surface area (Å²) in [4.78, 5) is 0. The second-order valence-electron chi connectivity index (χ2n) is 2.84. The van der Waals surface area contributed by atoms with Crippen LogP contribution in [-0.2, 0) is 4.74 Å². The molecule has 0 amide bonds. The van der Waals surface area contributed by atoms with Crippen LogP contribution in [0.25, 0.3) is 0 Å². The first-order chi connectivity index (χ1) is 4.43. The molecule has 1 nitrogen and oxygen atoms in total. The summed E-state index contributed by atoms with van der Waals surface area (Å²) in [6, 6.07) is 0. The lowest BCUT2D eigenvalue weighted by Crippen LogP contribution is -2.04. The summed E-state index contributed by atoms with van der Waals surface area (Å²) in [5.74, 6) is 0.854. The molecule has 1 atom stereocenters. The van der Waals surface area contributed by atoms with Gasteiger partial charge in [-0.05, 0) is 18.8 Å². The van der Waals surface area contributed by atoms with Gasteiger partial charge in [0.2, 0.25) is 0 Å². The van der Waals surface area contributed by atoms with E-state index in [0.717, 1.165) is 19.1 Å². The fourth-order valence-corrected chi connectivity index (χ4v) is 1.29. The first-order valence-corrected chi connectivity index (χ1v) is 4.01. The Balaban J connectivity index is 2.18. The molecule has 54 valence electrons. The molecule has 0 aromatic heterocycles. The maximum atomic E-state index is 5.40. The van der Waals surface area contributed by atoms with Crippen molar-refractivity contribution in [2.45, 2.75) is 32.6 Å². The molecule has 1 unspecified atom stereocenters. The van der Waals surface area contributed by atoms with Gasteiger partial charge >= 0.3 is 0 Å². The zero-order valence-electron chi connectivity index (χ0n) is 6.23. The van der Waals surface area contributed by atoms with Gasteiger partial charge in [0.15, 0.2) is 0 Å². The van der Waals surface area contributed by atoms with Crippen LogP contribution in [0.1, 0.15) is 32.6 Å². The summed E-state index contributed by atoms with van der Waals surface area (Å²) in [6.45, 7) is 4.26. The summed E-state index contributed by atoms with van der Waals surface area (Å²) >= 11 is 0. The van der Waals surface area contributed by atoms with Crippen molar-refractivity contribution >= 4 is 0 Å². The zero-order valence-corrected chi connectivity index (χ0v) is 6.23. The minimum atomic E-state index is 0.854. The van der Waals surface area contributed by atoms with Gasteiger partial charge in [0.1, 0.15) is 0 Å². The van der Waals surface area contributed by atoms with Gasteiger partial charge in [-0.3, -0.25) is 0 Å². The fourth-order valence-electron chi connectivity index (χ4n) is 1.29. The summed E-state index contributed by atoms with van der Waals surface area (Å²) in [5.41, 5.74) is 0. The van der Waals surface area contributed by atoms with Gasteiger partial charge in [-0.1, -0.05) is 19.8 Å². The lowest BCUT2D eigenvalue weighted by molar-refractivity contribution is 0.114. The van der Waals surface area contributed by atoms with Crippen molar-refractivity contribution in [2.75, 3.05) is 13.2 Å². The van der Waals surface area contributed by atoms with E-state index in [-0.39, 0.29) is 0 Å². The van der Waals surface area contributed by atoms with Crippen molar-refractivity contribution in [2.24, 2.45) is 5.92 Å². The molecule has 0 saturated carbocycles. The summed E-state index contributed by atoms with van der Waals surface area (Å²) in [5, 5.41) is 0. The molecule has 1 fully saturated rings. The molecule has 0 spiro atoms. The van der Waals surface area contributed by atoms with Gasteiger partial charge in [0, 0.05) is 13.2 Å². The number of ether oxygens (including phenoxy) is 1. The van der Waals surface area contributed by atoms with Crippen LogP contribution in [-0.4, -0.2) is 13.2 Å². The number of hydrogen-bond acceptors (Lipinski definition) is 1. The van der Waals surface area contributed by atoms with Crippen LogP contribution in [0.5, 0.6) is 0 Å². The third kappa shape index (κ3) is 2.35. The maximum Gasteiger partial charge on any atom is 0.0494 e. The Morgan fingerprint density at radius 2 is 2.33 bits per heavy atom. The van der Waals surface area contributed by atoms with Crippen LogP contribution in [0.2, 0.25) is 0 Å². The molecule has 1 heterocycles. The van der Waals surface area contributed by atoms with E-state index < -0.39 is 0 Å². The predicted molar refractivity (Wildman–Crippen MR) is 38.5 cm³/mol. The minimum absolute atomic E-state index is 0.854. The third-order valence-corrected chi connectivity index (χ3v) is 2.08. The van der Waals surface area contributed by atoms with Crippen molar-refractivity contribution in [3.8, 4) is 0 Å². The van der Waals surface area contributed by atoms with Crippen LogP contribution < -0.4 is 0 Å². The Morgan fingerprint density at radius 1 is 1.44 bits per heavy atom. The van der Waals surface area contributed by atoms with Crippen molar-refractivity contribution in [1.82, 2.24) is 0 Å². The SMILES string of the molecule is CCC1CCCCOC1. The predicted octanol–water partition coefficient (Wildman–Crippen LogP) is 2.21. The normalized spacial score (nSPS) is 29.7. The Bertz CT molecular complexity index is 63.0. The molecule has 1 rings (SSSR count). The average molecular weight is 128 g/mol. The van der Waals surface area contributed by atoms with Gasteiger partial charge in [-0.2, -0.15) is 0 Å². The standard InChI is InChI=1S/C8H16O/c1-2-8-5-3-4-6-9-7-8/h8H,2-7H2,1H3. The van der Waals surface area contributed by atoms with E-state index in [0.29, 0.717) is 0 Å². The van der Waals surface area contributed by atoms with E-state index in [1.165, 1.54) is 25.7 Å². The van der Waals surface area contributed by atoms with Gasteiger partial charge in [-0.25, -0.2) is 0 Å². The van der Waals surface area contributed by atoms with Crippen molar-refractivity contribution < 1.29 is 4.74 Å². The first kappa shape index (κ1) is 7.07. The highest BCUT2D eigenvalue weighted by atomic mass is 16.5. The second-order valence-corrected chi connectivity index (χ2v) is 2.84. The smallest absolute Gasteiger partial charge is 0.0494 e. The van der Waals surface area contributed by atoms with Gasteiger partial charge < -0.3 is 4.74 Å². The third-order valence-electron chi connectivity index (χ3n) is 2.08. The largest absolute Gasteiger partial charge is 0.381 e. The summed E-state index contributed by atoms with van der Waals surface area (Å²) in [7, 11) is 0. The van der Waals surface area contributed by atoms with E-state index >= 15 is 0 Å². The van der Waals surface area contributed by atoms with Crippen molar-refractivity contribution in [3.05, 3.63) is 0 Å². The lowest BCUT2D eigenvalue weighted by atomic mass is 10.0. The van der Waals surface area contributed by atoms with E-state index in [1.807, 2.05) is 0 Å². The molecule has 0 aliphatic carbocycles. The molecule has 0 aromatic carbocycles.